The normalized spacial score (nSPS) is 15.8. The Morgan fingerprint density at radius 3 is 2.76 bits per heavy atom. The molecule has 1 aliphatic rings. The van der Waals surface area contributed by atoms with E-state index in [0.29, 0.717) is 5.92 Å². The molecule has 0 spiro atoms. The van der Waals surface area contributed by atoms with E-state index in [-0.39, 0.29) is 0 Å². The number of rotatable bonds is 7. The average Bonchev–Trinajstić information content (AvgIpc) is 3.05. The van der Waals surface area contributed by atoms with Crippen molar-refractivity contribution in [2.75, 3.05) is 6.54 Å². The Balaban J connectivity index is 1.98. The zero-order valence-electron chi connectivity index (χ0n) is 11.3. The van der Waals surface area contributed by atoms with Gasteiger partial charge in [-0.05, 0) is 25.8 Å². The summed E-state index contributed by atoms with van der Waals surface area (Å²) in [6.45, 7) is 8.88. The Labute approximate surface area is 109 Å². The van der Waals surface area contributed by atoms with E-state index in [9.17, 15) is 0 Å². The molecule has 1 saturated carbocycles. The molecule has 2 nitrogen and oxygen atoms in total. The van der Waals surface area contributed by atoms with Gasteiger partial charge in [-0.1, -0.05) is 27.2 Å². The minimum Gasteiger partial charge on any atom is -0.312 e. The van der Waals surface area contributed by atoms with Gasteiger partial charge in [0, 0.05) is 23.3 Å². The van der Waals surface area contributed by atoms with Crippen LogP contribution in [0.5, 0.6) is 0 Å². The Bertz CT molecular complexity index is 353. The van der Waals surface area contributed by atoms with Gasteiger partial charge >= 0.3 is 0 Å². The second kappa shape index (κ2) is 5.96. The molecule has 0 atom stereocenters. The average molecular weight is 252 g/mol. The summed E-state index contributed by atoms with van der Waals surface area (Å²) in [7, 11) is 0. The van der Waals surface area contributed by atoms with E-state index in [2.05, 4.69) is 26.1 Å². The molecule has 96 valence electrons. The van der Waals surface area contributed by atoms with Gasteiger partial charge in [-0.15, -0.1) is 11.3 Å². The third kappa shape index (κ3) is 3.52. The summed E-state index contributed by atoms with van der Waals surface area (Å²) in [6.07, 6.45) is 5.24. The van der Waals surface area contributed by atoms with Gasteiger partial charge in [0.1, 0.15) is 0 Å². The molecular formula is C14H24N2S. The van der Waals surface area contributed by atoms with Crippen molar-refractivity contribution in [3.63, 3.8) is 0 Å². The van der Waals surface area contributed by atoms with Crippen LogP contribution in [-0.4, -0.2) is 11.5 Å². The van der Waals surface area contributed by atoms with Gasteiger partial charge in [0.2, 0.25) is 0 Å². The summed E-state index contributed by atoms with van der Waals surface area (Å²) in [5.74, 6) is 1.35. The summed E-state index contributed by atoms with van der Waals surface area (Å²) >= 11 is 1.92. The largest absolute Gasteiger partial charge is 0.312 e. The zero-order chi connectivity index (χ0) is 12.3. The maximum atomic E-state index is 4.85. The van der Waals surface area contributed by atoms with Gasteiger partial charge in [-0.25, -0.2) is 4.98 Å². The van der Waals surface area contributed by atoms with Crippen molar-refractivity contribution in [3.05, 3.63) is 15.6 Å². The van der Waals surface area contributed by atoms with E-state index >= 15 is 0 Å². The number of nitrogens with one attached hydrogen (secondary N) is 1. The smallest absolute Gasteiger partial charge is 0.0957 e. The van der Waals surface area contributed by atoms with Crippen LogP contribution in [0.15, 0.2) is 0 Å². The summed E-state index contributed by atoms with van der Waals surface area (Å²) < 4.78 is 0. The number of hydrogen-bond acceptors (Lipinski definition) is 3. The second-order valence-electron chi connectivity index (χ2n) is 5.32. The third-order valence-electron chi connectivity index (χ3n) is 3.19. The molecule has 1 aromatic rings. The fourth-order valence-electron chi connectivity index (χ4n) is 1.94. The monoisotopic (exact) mass is 252 g/mol. The Morgan fingerprint density at radius 2 is 2.18 bits per heavy atom. The molecule has 1 N–H and O–H groups in total. The van der Waals surface area contributed by atoms with Crippen LogP contribution in [0.1, 0.15) is 73.9 Å². The van der Waals surface area contributed by atoms with Crippen LogP contribution in [-0.2, 0) is 6.54 Å². The van der Waals surface area contributed by atoms with Crippen molar-refractivity contribution in [2.24, 2.45) is 0 Å². The lowest BCUT2D eigenvalue weighted by molar-refractivity contribution is 0.642. The number of hydrogen-bond donors (Lipinski definition) is 1. The summed E-state index contributed by atoms with van der Waals surface area (Å²) in [4.78, 5) is 6.34. The Kier molecular flexibility index (Phi) is 4.57. The van der Waals surface area contributed by atoms with E-state index in [0.717, 1.165) is 19.0 Å². The first-order valence-electron chi connectivity index (χ1n) is 6.92. The van der Waals surface area contributed by atoms with Crippen LogP contribution in [0.2, 0.25) is 0 Å². The Morgan fingerprint density at radius 1 is 1.41 bits per heavy atom. The van der Waals surface area contributed by atoms with E-state index in [4.69, 9.17) is 4.98 Å². The van der Waals surface area contributed by atoms with Crippen LogP contribution in [0, 0.1) is 0 Å². The maximum absolute atomic E-state index is 4.85. The van der Waals surface area contributed by atoms with Gasteiger partial charge in [0.15, 0.2) is 0 Å². The number of thiazole rings is 1. The third-order valence-corrected chi connectivity index (χ3v) is 4.57. The minimum atomic E-state index is 0.571. The highest BCUT2D eigenvalue weighted by molar-refractivity contribution is 7.11. The van der Waals surface area contributed by atoms with Gasteiger partial charge in [-0.3, -0.25) is 0 Å². The molecule has 0 aromatic carbocycles. The van der Waals surface area contributed by atoms with Gasteiger partial charge < -0.3 is 5.32 Å². The summed E-state index contributed by atoms with van der Waals surface area (Å²) in [5, 5.41) is 4.87. The van der Waals surface area contributed by atoms with Crippen LogP contribution >= 0.6 is 11.3 Å². The molecule has 0 radical (unpaired) electrons. The van der Waals surface area contributed by atoms with E-state index in [1.807, 2.05) is 11.3 Å². The van der Waals surface area contributed by atoms with Crippen molar-refractivity contribution >= 4 is 11.3 Å². The van der Waals surface area contributed by atoms with E-state index in [1.165, 1.54) is 41.3 Å². The lowest BCUT2D eigenvalue weighted by Crippen LogP contribution is -2.14. The standard InChI is InChI=1S/C14H24N2S/c1-4-5-8-15-9-12-13(11-6-7-11)16-14(17-12)10(2)3/h10-11,15H,4-9H2,1-3H3. The van der Waals surface area contributed by atoms with E-state index in [1.54, 1.807) is 0 Å². The topological polar surface area (TPSA) is 24.9 Å². The van der Waals surface area contributed by atoms with Gasteiger partial charge in [0.25, 0.3) is 0 Å². The molecule has 0 saturated heterocycles. The molecule has 2 rings (SSSR count). The highest BCUT2D eigenvalue weighted by atomic mass is 32.1. The molecule has 1 heterocycles. The second-order valence-corrected chi connectivity index (χ2v) is 6.44. The number of nitrogens with zero attached hydrogens (tertiary/aromatic N) is 1. The molecule has 0 aliphatic heterocycles. The van der Waals surface area contributed by atoms with Crippen molar-refractivity contribution in [1.29, 1.82) is 0 Å². The van der Waals surface area contributed by atoms with Crippen molar-refractivity contribution in [2.45, 2.75) is 64.8 Å². The Hall–Kier alpha value is -0.410. The van der Waals surface area contributed by atoms with Gasteiger partial charge in [-0.2, -0.15) is 0 Å². The molecule has 3 heteroatoms. The maximum Gasteiger partial charge on any atom is 0.0957 e. The van der Waals surface area contributed by atoms with Gasteiger partial charge in [0.05, 0.1) is 10.7 Å². The first kappa shape index (κ1) is 13.0. The highest BCUT2D eigenvalue weighted by Crippen LogP contribution is 2.43. The number of aromatic nitrogens is 1. The molecular weight excluding hydrogens is 228 g/mol. The van der Waals surface area contributed by atoms with Crippen LogP contribution in [0.3, 0.4) is 0 Å². The summed E-state index contributed by atoms with van der Waals surface area (Å²) in [5.41, 5.74) is 1.41. The molecule has 1 aliphatic carbocycles. The quantitative estimate of drug-likeness (QED) is 0.741. The lowest BCUT2D eigenvalue weighted by Gasteiger charge is -2.03. The fourth-order valence-corrected chi connectivity index (χ4v) is 3.06. The first-order valence-corrected chi connectivity index (χ1v) is 7.74. The predicted octanol–water partition coefficient (Wildman–Crippen LogP) is 4.03. The lowest BCUT2D eigenvalue weighted by atomic mass is 10.2. The molecule has 0 amide bonds. The van der Waals surface area contributed by atoms with Crippen molar-refractivity contribution in [1.82, 2.24) is 10.3 Å². The number of unbranched alkanes of at least 4 members (excludes halogenated alkanes) is 1. The SMILES string of the molecule is CCCCNCc1sc(C(C)C)nc1C1CC1. The first-order chi connectivity index (χ1) is 8.22. The predicted molar refractivity (Wildman–Crippen MR) is 74.8 cm³/mol. The van der Waals surface area contributed by atoms with Crippen LogP contribution in [0.25, 0.3) is 0 Å². The molecule has 0 bridgehead atoms. The summed E-state index contributed by atoms with van der Waals surface area (Å²) in [6, 6.07) is 0. The van der Waals surface area contributed by atoms with E-state index < -0.39 is 0 Å². The molecule has 1 aromatic heterocycles. The fraction of sp³-hybridized carbons (Fsp3) is 0.786. The van der Waals surface area contributed by atoms with Crippen LogP contribution in [0.4, 0.5) is 0 Å². The van der Waals surface area contributed by atoms with Crippen molar-refractivity contribution in [3.8, 4) is 0 Å². The molecule has 17 heavy (non-hydrogen) atoms. The highest BCUT2D eigenvalue weighted by Gasteiger charge is 2.29. The minimum absolute atomic E-state index is 0.571. The van der Waals surface area contributed by atoms with Crippen molar-refractivity contribution < 1.29 is 0 Å². The zero-order valence-corrected chi connectivity index (χ0v) is 12.1. The molecule has 0 unspecified atom stereocenters. The molecule has 1 fully saturated rings. The van der Waals surface area contributed by atoms with Crippen LogP contribution < -0.4 is 5.32 Å².